The molecule has 45 heavy (non-hydrogen) atoms. The van der Waals surface area contributed by atoms with Crippen LogP contribution in [0.1, 0.15) is 25.0 Å². The largest absolute Gasteiger partial charge is 0.321 e. The van der Waals surface area contributed by atoms with Gasteiger partial charge in [-0.15, -0.1) is 35.0 Å². The highest BCUT2D eigenvalue weighted by atomic mass is 35.5. The zero-order valence-corrected chi connectivity index (χ0v) is 28.3. The van der Waals surface area contributed by atoms with Crippen LogP contribution in [0, 0.1) is 20.2 Å². The van der Waals surface area contributed by atoms with E-state index in [1.165, 1.54) is 49.9 Å². The summed E-state index contributed by atoms with van der Waals surface area (Å²) in [7, 11) is 0. The van der Waals surface area contributed by atoms with E-state index in [2.05, 4.69) is 10.6 Å². The molecule has 4 unspecified atom stereocenters. The van der Waals surface area contributed by atoms with Crippen molar-refractivity contribution in [2.24, 2.45) is 0 Å². The van der Waals surface area contributed by atoms with Crippen LogP contribution in [0.25, 0.3) is 0 Å². The normalized spacial score (nSPS) is 24.0. The van der Waals surface area contributed by atoms with E-state index in [9.17, 15) is 29.8 Å². The first kappa shape index (κ1) is 35.1. The Balaban J connectivity index is 1.85. The SMILES string of the molecule is CC(=O)Nc1cc(C2(Cl)C=C(Cl)C=CC2SC2C=CC(Cl)=CC2(Cl)c2cc(NC(C)=O)c([N+](=O)[O-])cc2Cl)c(Cl)cc1[N+](=O)[O-]. The summed E-state index contributed by atoms with van der Waals surface area (Å²) in [6.07, 6.45) is 9.62. The average Bonchev–Trinajstić information content (AvgIpc) is 2.92. The summed E-state index contributed by atoms with van der Waals surface area (Å²) >= 11 is 41.8. The van der Waals surface area contributed by atoms with Gasteiger partial charge in [-0.25, -0.2) is 0 Å². The van der Waals surface area contributed by atoms with Crippen LogP contribution in [0.4, 0.5) is 22.7 Å². The number of nitrogens with one attached hydrogen (secondary N) is 2. The van der Waals surface area contributed by atoms with Crippen LogP contribution in [-0.2, 0) is 19.3 Å². The molecular formula is C28H20Cl6N4O6S. The minimum atomic E-state index is -1.53. The fraction of sp³-hybridized carbons (Fsp3) is 0.214. The van der Waals surface area contributed by atoms with Gasteiger partial charge < -0.3 is 10.6 Å². The van der Waals surface area contributed by atoms with Crippen LogP contribution < -0.4 is 10.6 Å². The summed E-state index contributed by atoms with van der Waals surface area (Å²) in [5.74, 6) is -1.11. The van der Waals surface area contributed by atoms with Gasteiger partial charge in [-0.1, -0.05) is 58.6 Å². The summed E-state index contributed by atoms with van der Waals surface area (Å²) in [4.78, 5) is 42.7. The van der Waals surface area contributed by atoms with E-state index in [-0.39, 0.29) is 42.6 Å². The number of hydrogen-bond donors (Lipinski definition) is 2. The highest BCUT2D eigenvalue weighted by molar-refractivity contribution is 8.01. The molecule has 0 heterocycles. The van der Waals surface area contributed by atoms with E-state index in [4.69, 9.17) is 69.6 Å². The lowest BCUT2D eigenvalue weighted by atomic mass is 9.89. The number of carbonyl (C=O) groups excluding carboxylic acids is 2. The van der Waals surface area contributed by atoms with Crippen LogP contribution in [0.15, 0.2) is 70.8 Å². The molecular weight excluding hydrogens is 733 g/mol. The van der Waals surface area contributed by atoms with Gasteiger partial charge in [0.25, 0.3) is 11.4 Å². The van der Waals surface area contributed by atoms with Gasteiger partial charge in [0.15, 0.2) is 0 Å². The molecule has 2 aliphatic rings. The van der Waals surface area contributed by atoms with Crippen molar-refractivity contribution in [3.63, 3.8) is 0 Å². The molecule has 10 nitrogen and oxygen atoms in total. The van der Waals surface area contributed by atoms with Gasteiger partial charge in [0.05, 0.1) is 30.4 Å². The number of halogens is 6. The van der Waals surface area contributed by atoms with Crippen molar-refractivity contribution in [3.8, 4) is 0 Å². The fourth-order valence-electron chi connectivity index (χ4n) is 4.80. The van der Waals surface area contributed by atoms with Crippen molar-refractivity contribution >= 4 is 116 Å². The van der Waals surface area contributed by atoms with Crippen molar-refractivity contribution in [1.82, 2.24) is 0 Å². The van der Waals surface area contributed by atoms with Crippen LogP contribution in [0.5, 0.6) is 0 Å². The number of nitro benzene ring substituents is 2. The first-order chi connectivity index (χ1) is 21.0. The number of nitrogens with zero attached hydrogens (tertiary/aromatic N) is 2. The van der Waals surface area contributed by atoms with Crippen molar-refractivity contribution in [1.29, 1.82) is 0 Å². The number of amides is 2. The first-order valence-electron chi connectivity index (χ1n) is 12.6. The molecule has 0 saturated carbocycles. The van der Waals surface area contributed by atoms with E-state index < -0.39 is 53.3 Å². The summed E-state index contributed by atoms with van der Waals surface area (Å²) in [6, 6.07) is 4.81. The lowest BCUT2D eigenvalue weighted by molar-refractivity contribution is -0.384. The molecule has 2 aromatic carbocycles. The molecule has 2 aromatic rings. The maximum atomic E-state index is 11.9. The summed E-state index contributed by atoms with van der Waals surface area (Å²) in [5.41, 5.74) is -0.733. The second-order valence-electron chi connectivity index (χ2n) is 9.87. The van der Waals surface area contributed by atoms with Crippen molar-refractivity contribution in [2.45, 2.75) is 34.1 Å². The smallest absolute Gasteiger partial charge is 0.294 e. The topological polar surface area (TPSA) is 144 Å². The zero-order valence-electron chi connectivity index (χ0n) is 22.9. The van der Waals surface area contributed by atoms with E-state index in [1.807, 2.05) is 0 Å². The Morgan fingerprint density at radius 2 is 1.09 bits per heavy atom. The number of carbonyl (C=O) groups is 2. The minimum absolute atomic E-state index is 0.0648. The van der Waals surface area contributed by atoms with Gasteiger partial charge in [0.1, 0.15) is 21.1 Å². The first-order valence-corrected chi connectivity index (χ1v) is 15.9. The maximum Gasteiger partial charge on any atom is 0.294 e. The molecule has 0 bridgehead atoms. The van der Waals surface area contributed by atoms with Gasteiger partial charge >= 0.3 is 0 Å². The molecule has 0 aromatic heterocycles. The lowest BCUT2D eigenvalue weighted by Gasteiger charge is -2.40. The standard InChI is InChI=1S/C28H20Cl6N4O6S/c1-13(39)35-21-7-17(19(31)9-23(21)37(41)42)27(33)11-15(29)3-5-25(27)45-26-6-4-16(30)12-28(26,34)18-8-22(36-14(2)40)24(38(43)44)10-20(18)32/h3-12,25-26H,1-2H3,(H,35,39)(H,36,40). The Bertz CT molecular complexity index is 1640. The Morgan fingerprint density at radius 3 is 1.40 bits per heavy atom. The second kappa shape index (κ2) is 13.5. The van der Waals surface area contributed by atoms with Crippen LogP contribution in [0.3, 0.4) is 0 Å². The molecule has 4 rings (SSSR count). The van der Waals surface area contributed by atoms with Crippen molar-refractivity contribution in [2.75, 3.05) is 10.6 Å². The summed E-state index contributed by atoms with van der Waals surface area (Å²) in [5, 5.41) is 27.2. The third-order valence-corrected chi connectivity index (χ3v) is 10.8. The second-order valence-corrected chi connectivity index (χ2v) is 14.1. The Hall–Kier alpha value is -2.77. The predicted molar refractivity (Wildman–Crippen MR) is 181 cm³/mol. The quantitative estimate of drug-likeness (QED) is 0.155. The van der Waals surface area contributed by atoms with E-state index in [0.717, 1.165) is 12.1 Å². The Morgan fingerprint density at radius 1 is 0.733 bits per heavy atom. The van der Waals surface area contributed by atoms with Gasteiger partial charge in [-0.3, -0.25) is 29.8 Å². The fourth-order valence-corrected chi connectivity index (χ4v) is 8.57. The molecule has 236 valence electrons. The molecule has 0 aliphatic heterocycles. The predicted octanol–water partition coefficient (Wildman–Crippen LogP) is 9.15. The Labute approximate surface area is 290 Å². The molecule has 2 N–H and O–H groups in total. The van der Waals surface area contributed by atoms with E-state index in [1.54, 1.807) is 24.3 Å². The number of thioether (sulfide) groups is 1. The number of nitro groups is 2. The third kappa shape index (κ3) is 7.30. The number of benzene rings is 2. The number of hydrogen-bond acceptors (Lipinski definition) is 7. The summed E-state index contributed by atoms with van der Waals surface area (Å²) < 4.78 is 0. The van der Waals surface area contributed by atoms with E-state index >= 15 is 0 Å². The average molecular weight is 753 g/mol. The molecule has 0 fully saturated rings. The molecule has 0 spiro atoms. The highest BCUT2D eigenvalue weighted by Gasteiger charge is 2.47. The number of rotatable bonds is 8. The van der Waals surface area contributed by atoms with Gasteiger partial charge in [-0.05, 0) is 47.6 Å². The van der Waals surface area contributed by atoms with Crippen LogP contribution in [0.2, 0.25) is 10.0 Å². The Kier molecular flexibility index (Phi) is 10.5. The summed E-state index contributed by atoms with van der Waals surface area (Å²) in [6.45, 7) is 2.39. The van der Waals surface area contributed by atoms with Crippen LogP contribution >= 0.6 is 81.4 Å². The van der Waals surface area contributed by atoms with Gasteiger partial charge in [0, 0.05) is 36.0 Å². The number of alkyl halides is 2. The molecule has 2 amide bonds. The van der Waals surface area contributed by atoms with Gasteiger partial charge in [0.2, 0.25) is 11.8 Å². The molecule has 2 aliphatic carbocycles. The number of anilines is 2. The molecule has 4 atom stereocenters. The zero-order chi connectivity index (χ0) is 33.4. The van der Waals surface area contributed by atoms with Gasteiger partial charge in [-0.2, -0.15) is 0 Å². The van der Waals surface area contributed by atoms with Crippen molar-refractivity contribution in [3.05, 3.63) is 112 Å². The van der Waals surface area contributed by atoms with Crippen LogP contribution in [-0.4, -0.2) is 32.2 Å². The highest BCUT2D eigenvalue weighted by Crippen LogP contribution is 2.55. The lowest BCUT2D eigenvalue weighted by Crippen LogP contribution is -2.38. The monoisotopic (exact) mass is 750 g/mol. The number of allylic oxidation sites excluding steroid dienone is 6. The molecule has 0 saturated heterocycles. The molecule has 0 radical (unpaired) electrons. The van der Waals surface area contributed by atoms with E-state index in [0.29, 0.717) is 0 Å². The molecule has 17 heteroatoms. The third-order valence-electron chi connectivity index (χ3n) is 6.69. The maximum absolute atomic E-state index is 11.9. The van der Waals surface area contributed by atoms with Crippen molar-refractivity contribution < 1.29 is 19.4 Å². The minimum Gasteiger partial charge on any atom is -0.321 e.